The number of nitrogens with zero attached hydrogens (tertiary/aromatic N) is 1. The van der Waals surface area contributed by atoms with E-state index >= 15 is 0 Å². The number of hydrogen-bond acceptors (Lipinski definition) is 3. The third-order valence-corrected chi connectivity index (χ3v) is 4.43. The van der Waals surface area contributed by atoms with E-state index in [-0.39, 0.29) is 11.7 Å². The van der Waals surface area contributed by atoms with Gasteiger partial charge >= 0.3 is 0 Å². The van der Waals surface area contributed by atoms with Crippen molar-refractivity contribution in [3.8, 4) is 0 Å². The third kappa shape index (κ3) is 2.99. The highest BCUT2D eigenvalue weighted by atomic mass is 32.1. The van der Waals surface area contributed by atoms with Crippen molar-refractivity contribution in [1.82, 2.24) is 10.3 Å². The fraction of sp³-hybridized carbons (Fsp3) is 0.176. The number of carbonyl (C=O) groups excluding carboxylic acids is 1. The molecule has 22 heavy (non-hydrogen) atoms. The molecule has 3 rings (SSSR count). The summed E-state index contributed by atoms with van der Waals surface area (Å²) in [6.07, 6.45) is 0. The maximum Gasteiger partial charge on any atom is 0.253 e. The molecule has 0 spiro atoms. The zero-order valence-electron chi connectivity index (χ0n) is 12.3. The van der Waals surface area contributed by atoms with Gasteiger partial charge in [-0.3, -0.25) is 9.78 Å². The summed E-state index contributed by atoms with van der Waals surface area (Å²) < 4.78 is 13.2. The van der Waals surface area contributed by atoms with Crippen LogP contribution in [0.3, 0.4) is 0 Å². The number of thiophene rings is 1. The van der Waals surface area contributed by atoms with E-state index in [1.54, 1.807) is 30.4 Å². The lowest BCUT2D eigenvalue weighted by molar-refractivity contribution is 0.0950. The average Bonchev–Trinajstić information content (AvgIpc) is 2.89. The van der Waals surface area contributed by atoms with Crippen molar-refractivity contribution >= 4 is 28.1 Å². The third-order valence-electron chi connectivity index (χ3n) is 3.43. The van der Waals surface area contributed by atoms with Crippen LogP contribution in [0.25, 0.3) is 10.9 Å². The highest BCUT2D eigenvalue weighted by Gasteiger charge is 2.12. The summed E-state index contributed by atoms with van der Waals surface area (Å²) in [7, 11) is 0. The van der Waals surface area contributed by atoms with Crippen LogP contribution in [0.15, 0.2) is 36.4 Å². The number of benzene rings is 1. The normalized spacial score (nSPS) is 10.9. The van der Waals surface area contributed by atoms with Crippen molar-refractivity contribution in [2.45, 2.75) is 20.4 Å². The Balaban J connectivity index is 1.84. The first-order valence-electron chi connectivity index (χ1n) is 6.93. The summed E-state index contributed by atoms with van der Waals surface area (Å²) in [5.74, 6) is -0.494. The van der Waals surface area contributed by atoms with Crippen molar-refractivity contribution in [2.24, 2.45) is 0 Å². The Hall–Kier alpha value is -2.27. The Kier molecular flexibility index (Phi) is 3.90. The van der Waals surface area contributed by atoms with Gasteiger partial charge in [0.2, 0.25) is 0 Å². The highest BCUT2D eigenvalue weighted by Crippen LogP contribution is 2.18. The second kappa shape index (κ2) is 5.85. The summed E-state index contributed by atoms with van der Waals surface area (Å²) in [5.41, 5.74) is 1.67. The molecule has 1 N–H and O–H groups in total. The number of halogens is 1. The predicted molar refractivity (Wildman–Crippen MR) is 86.7 cm³/mol. The first-order chi connectivity index (χ1) is 10.5. The van der Waals surface area contributed by atoms with Crippen LogP contribution in [-0.4, -0.2) is 10.9 Å². The molecule has 5 heteroatoms. The summed E-state index contributed by atoms with van der Waals surface area (Å²) >= 11 is 1.66. The van der Waals surface area contributed by atoms with Crippen molar-refractivity contribution in [1.29, 1.82) is 0 Å². The molecule has 2 aromatic heterocycles. The summed E-state index contributed by atoms with van der Waals surface area (Å²) in [6.45, 7) is 4.29. The minimum atomic E-state index is -0.329. The molecule has 1 amide bonds. The van der Waals surface area contributed by atoms with Gasteiger partial charge in [-0.15, -0.1) is 11.3 Å². The van der Waals surface area contributed by atoms with Crippen LogP contribution >= 0.6 is 11.3 Å². The van der Waals surface area contributed by atoms with Gasteiger partial charge in [-0.25, -0.2) is 4.39 Å². The molecule has 1 aromatic carbocycles. The largest absolute Gasteiger partial charge is 0.347 e. The van der Waals surface area contributed by atoms with Crippen molar-refractivity contribution in [3.63, 3.8) is 0 Å². The van der Waals surface area contributed by atoms with Crippen LogP contribution in [0.1, 0.15) is 25.8 Å². The number of aromatic nitrogens is 1. The number of nitrogens with one attached hydrogen (secondary N) is 1. The SMILES string of the molecule is Cc1ccc(CNC(=O)c2cc3ccc(F)cc3nc2C)s1. The lowest BCUT2D eigenvalue weighted by Gasteiger charge is -2.08. The van der Waals surface area contributed by atoms with E-state index < -0.39 is 0 Å². The van der Waals surface area contributed by atoms with E-state index in [0.29, 0.717) is 23.3 Å². The molecule has 0 aliphatic carbocycles. The molecule has 0 atom stereocenters. The highest BCUT2D eigenvalue weighted by molar-refractivity contribution is 7.11. The number of pyridine rings is 1. The van der Waals surface area contributed by atoms with Gasteiger partial charge in [0.15, 0.2) is 0 Å². The molecule has 0 aliphatic heterocycles. The van der Waals surface area contributed by atoms with Crippen LogP contribution in [0.2, 0.25) is 0 Å². The van der Waals surface area contributed by atoms with Crippen LogP contribution in [-0.2, 0) is 6.54 Å². The summed E-state index contributed by atoms with van der Waals surface area (Å²) in [5, 5.41) is 3.66. The van der Waals surface area contributed by atoms with E-state index in [1.807, 2.05) is 19.1 Å². The number of hydrogen-bond donors (Lipinski definition) is 1. The number of rotatable bonds is 3. The maximum absolute atomic E-state index is 13.2. The Bertz CT molecular complexity index is 857. The van der Waals surface area contributed by atoms with Gasteiger partial charge in [-0.05, 0) is 44.2 Å². The monoisotopic (exact) mass is 314 g/mol. The second-order valence-electron chi connectivity index (χ2n) is 5.15. The van der Waals surface area contributed by atoms with Gasteiger partial charge in [0.25, 0.3) is 5.91 Å². The smallest absolute Gasteiger partial charge is 0.253 e. The van der Waals surface area contributed by atoms with Crippen LogP contribution in [0.4, 0.5) is 4.39 Å². The minimum Gasteiger partial charge on any atom is -0.347 e. The van der Waals surface area contributed by atoms with Gasteiger partial charge in [0.05, 0.1) is 23.3 Å². The van der Waals surface area contributed by atoms with E-state index in [2.05, 4.69) is 10.3 Å². The Morgan fingerprint density at radius 2 is 2.05 bits per heavy atom. The number of amides is 1. The summed E-state index contributed by atoms with van der Waals surface area (Å²) in [6, 6.07) is 10.2. The molecule has 0 fully saturated rings. The standard InChI is InChI=1S/C17H15FN2OS/c1-10-3-6-14(22-10)9-19-17(21)15-7-12-4-5-13(18)8-16(12)20-11(15)2/h3-8H,9H2,1-2H3,(H,19,21). The number of fused-ring (bicyclic) bond motifs is 1. The zero-order chi connectivity index (χ0) is 15.7. The lowest BCUT2D eigenvalue weighted by Crippen LogP contribution is -2.23. The lowest BCUT2D eigenvalue weighted by atomic mass is 10.1. The molecule has 3 aromatic rings. The molecule has 0 aliphatic rings. The van der Waals surface area contributed by atoms with Crippen molar-refractivity contribution < 1.29 is 9.18 Å². The van der Waals surface area contributed by atoms with Crippen molar-refractivity contribution in [3.05, 3.63) is 63.2 Å². The molecule has 0 radical (unpaired) electrons. The van der Waals surface area contributed by atoms with Crippen LogP contribution in [0, 0.1) is 19.7 Å². The first-order valence-corrected chi connectivity index (χ1v) is 7.75. The summed E-state index contributed by atoms with van der Waals surface area (Å²) in [4.78, 5) is 19.0. The van der Waals surface area contributed by atoms with Crippen LogP contribution in [0.5, 0.6) is 0 Å². The molecule has 3 nitrogen and oxygen atoms in total. The zero-order valence-corrected chi connectivity index (χ0v) is 13.1. The van der Waals surface area contributed by atoms with Gasteiger partial charge in [0.1, 0.15) is 5.82 Å². The van der Waals surface area contributed by atoms with E-state index in [1.165, 1.54) is 17.0 Å². The van der Waals surface area contributed by atoms with E-state index in [0.717, 1.165) is 10.3 Å². The number of carbonyl (C=O) groups is 1. The molecule has 2 heterocycles. The molecule has 112 valence electrons. The molecule has 0 unspecified atom stereocenters. The molecule has 0 bridgehead atoms. The first kappa shape index (κ1) is 14.7. The van der Waals surface area contributed by atoms with Crippen molar-refractivity contribution in [2.75, 3.05) is 0 Å². The molecule has 0 saturated heterocycles. The molecular formula is C17H15FN2OS. The van der Waals surface area contributed by atoms with E-state index in [9.17, 15) is 9.18 Å². The maximum atomic E-state index is 13.2. The van der Waals surface area contributed by atoms with Gasteiger partial charge < -0.3 is 5.32 Å². The van der Waals surface area contributed by atoms with E-state index in [4.69, 9.17) is 0 Å². The Labute approximate surface area is 131 Å². The minimum absolute atomic E-state index is 0.165. The average molecular weight is 314 g/mol. The van der Waals surface area contributed by atoms with Gasteiger partial charge in [-0.2, -0.15) is 0 Å². The Morgan fingerprint density at radius 3 is 2.77 bits per heavy atom. The Morgan fingerprint density at radius 1 is 1.23 bits per heavy atom. The van der Waals surface area contributed by atoms with Gasteiger partial charge in [0, 0.05) is 21.2 Å². The van der Waals surface area contributed by atoms with Gasteiger partial charge in [-0.1, -0.05) is 0 Å². The number of aryl methyl sites for hydroxylation is 2. The fourth-order valence-corrected chi connectivity index (χ4v) is 3.14. The molecular weight excluding hydrogens is 299 g/mol. The fourth-order valence-electron chi connectivity index (χ4n) is 2.31. The second-order valence-corrected chi connectivity index (χ2v) is 6.53. The molecule has 0 saturated carbocycles. The predicted octanol–water partition coefficient (Wildman–Crippen LogP) is 3.98. The van der Waals surface area contributed by atoms with Crippen LogP contribution < -0.4 is 5.32 Å². The quantitative estimate of drug-likeness (QED) is 0.794. The topological polar surface area (TPSA) is 42.0 Å².